The molecule has 2 aliphatic rings. The molecule has 0 atom stereocenters. The summed E-state index contributed by atoms with van der Waals surface area (Å²) in [4.78, 5) is 21.2. The fourth-order valence-corrected chi connectivity index (χ4v) is 4.18. The number of nitrogens with zero attached hydrogens (tertiary/aromatic N) is 2. The molecule has 0 unspecified atom stereocenters. The summed E-state index contributed by atoms with van der Waals surface area (Å²) in [7, 11) is -3.64. The fraction of sp³-hybridized carbons (Fsp3) is 0.350. The zero-order chi connectivity index (χ0) is 20.1. The number of Topliss-reactive ketones (excluding diaryl/α,β-unsaturated/α-hetero) is 1. The van der Waals surface area contributed by atoms with Gasteiger partial charge in [0.25, 0.3) is 0 Å². The zero-order valence-corrected chi connectivity index (χ0v) is 16.4. The molecule has 2 aromatic rings. The Bertz CT molecular complexity index is 1120. The van der Waals surface area contributed by atoms with Crippen LogP contribution in [0.2, 0.25) is 0 Å². The number of fused-ring (bicyclic) bond motifs is 1. The summed E-state index contributed by atoms with van der Waals surface area (Å²) in [6.45, 7) is 1.89. The van der Waals surface area contributed by atoms with E-state index < -0.39 is 15.7 Å². The number of aromatic nitrogens is 1. The maximum Gasteiger partial charge on any atom is 0.177 e. The summed E-state index contributed by atoms with van der Waals surface area (Å²) < 4.78 is 37.8. The Kier molecular flexibility index (Phi) is 4.53. The Morgan fingerprint density at radius 3 is 2.68 bits per heavy atom. The van der Waals surface area contributed by atoms with Gasteiger partial charge in [-0.15, -0.1) is 0 Å². The number of aliphatic imine (C=N–C) groups is 1. The lowest BCUT2D eigenvalue weighted by Gasteiger charge is -2.14. The molecule has 146 valence electrons. The Hall–Kier alpha value is -2.61. The molecule has 1 aliphatic carbocycles. The molecule has 1 aromatic heterocycles. The highest BCUT2D eigenvalue weighted by molar-refractivity contribution is 7.90. The van der Waals surface area contributed by atoms with Crippen molar-refractivity contribution in [3.8, 4) is 0 Å². The molecule has 8 heteroatoms. The van der Waals surface area contributed by atoms with Crippen LogP contribution in [-0.4, -0.2) is 31.2 Å². The van der Waals surface area contributed by atoms with Crippen molar-refractivity contribution in [2.45, 2.75) is 37.5 Å². The normalized spacial score (nSPS) is 15.9. The zero-order valence-electron chi connectivity index (χ0n) is 15.6. The maximum absolute atomic E-state index is 13.6. The second-order valence-corrected chi connectivity index (χ2v) is 9.42. The summed E-state index contributed by atoms with van der Waals surface area (Å²) >= 11 is 0. The number of hydrogen-bond acceptors (Lipinski definition) is 6. The first-order chi connectivity index (χ1) is 13.2. The molecule has 1 fully saturated rings. The van der Waals surface area contributed by atoms with Crippen LogP contribution in [0.5, 0.6) is 0 Å². The number of benzene rings is 1. The van der Waals surface area contributed by atoms with Crippen molar-refractivity contribution in [1.82, 2.24) is 4.98 Å². The highest BCUT2D eigenvalue weighted by Gasteiger charge is 2.30. The van der Waals surface area contributed by atoms with Crippen LogP contribution in [0.1, 0.15) is 31.2 Å². The number of nitrogens with one attached hydrogen (secondary N) is 1. The van der Waals surface area contributed by atoms with Crippen molar-refractivity contribution in [3.63, 3.8) is 0 Å². The Morgan fingerprint density at radius 2 is 2.00 bits per heavy atom. The Morgan fingerprint density at radius 1 is 1.25 bits per heavy atom. The van der Waals surface area contributed by atoms with Crippen LogP contribution in [0.15, 0.2) is 34.2 Å². The van der Waals surface area contributed by atoms with E-state index in [9.17, 15) is 17.6 Å². The number of hydrogen-bond donors (Lipinski definition) is 1. The predicted octanol–water partition coefficient (Wildman–Crippen LogP) is 3.54. The maximum atomic E-state index is 13.6. The first-order valence-electron chi connectivity index (χ1n) is 9.07. The molecule has 1 aromatic carbocycles. The number of carbonyl (C=O) groups is 1. The summed E-state index contributed by atoms with van der Waals surface area (Å²) in [6, 6.07) is 5.31. The van der Waals surface area contributed by atoms with Crippen LogP contribution in [-0.2, 0) is 27.5 Å². The third-order valence-corrected chi connectivity index (χ3v) is 5.98. The van der Waals surface area contributed by atoms with E-state index in [0.717, 1.165) is 36.6 Å². The van der Waals surface area contributed by atoms with Gasteiger partial charge in [-0.2, -0.15) is 0 Å². The number of rotatable bonds is 6. The van der Waals surface area contributed by atoms with Gasteiger partial charge in [0.15, 0.2) is 9.84 Å². The van der Waals surface area contributed by atoms with Gasteiger partial charge in [0.1, 0.15) is 17.3 Å². The van der Waals surface area contributed by atoms with Crippen LogP contribution in [0.25, 0.3) is 0 Å². The topological polar surface area (TPSA) is 88.5 Å². The lowest BCUT2D eigenvalue weighted by atomic mass is 10.1. The molecule has 4 rings (SSSR count). The minimum atomic E-state index is -3.64. The molecule has 1 saturated carbocycles. The van der Waals surface area contributed by atoms with Gasteiger partial charge >= 0.3 is 0 Å². The highest BCUT2D eigenvalue weighted by atomic mass is 32.2. The second kappa shape index (κ2) is 6.77. The molecular formula is C20H20FN3O3S. The first kappa shape index (κ1) is 18.7. The van der Waals surface area contributed by atoms with Crippen molar-refractivity contribution >= 4 is 38.4 Å². The van der Waals surface area contributed by atoms with Gasteiger partial charge in [-0.3, -0.25) is 14.8 Å². The average molecular weight is 401 g/mol. The number of ketones is 1. The standard InChI is InChI=1S/C20H20FN3O3S/c1-11-7-16-20(22-11)17(9-14(23-16)10-18(25)12-3-4-12)24-15-6-5-13(21)8-19(15)28(2,26)27/h5-6,8-9,12H,3-4,7,10H2,1-2H3,(H,23,24). The van der Waals surface area contributed by atoms with Crippen LogP contribution >= 0.6 is 0 Å². The molecule has 0 amide bonds. The molecule has 0 saturated heterocycles. The first-order valence-corrected chi connectivity index (χ1v) is 11.0. The largest absolute Gasteiger partial charge is 0.353 e. The number of pyridine rings is 1. The predicted molar refractivity (Wildman–Crippen MR) is 105 cm³/mol. The fourth-order valence-electron chi connectivity index (χ4n) is 3.34. The third kappa shape index (κ3) is 3.82. The number of anilines is 2. The monoisotopic (exact) mass is 401 g/mol. The van der Waals surface area contributed by atoms with E-state index in [1.54, 1.807) is 6.07 Å². The van der Waals surface area contributed by atoms with Crippen LogP contribution in [0.3, 0.4) is 0 Å². The second-order valence-electron chi connectivity index (χ2n) is 7.44. The van der Waals surface area contributed by atoms with Gasteiger partial charge in [-0.25, -0.2) is 12.8 Å². The number of carbonyl (C=O) groups excluding carboxylic acids is 1. The Balaban J connectivity index is 1.75. The van der Waals surface area contributed by atoms with Gasteiger partial charge in [0.2, 0.25) is 0 Å². The summed E-state index contributed by atoms with van der Waals surface area (Å²) in [5.41, 5.74) is 3.73. The van der Waals surface area contributed by atoms with Gasteiger partial charge in [0, 0.05) is 30.7 Å². The van der Waals surface area contributed by atoms with Gasteiger partial charge in [0.05, 0.1) is 27.7 Å². The van der Waals surface area contributed by atoms with Crippen molar-refractivity contribution in [3.05, 3.63) is 41.5 Å². The van der Waals surface area contributed by atoms with E-state index >= 15 is 0 Å². The number of halogens is 1. The minimum Gasteiger partial charge on any atom is -0.353 e. The van der Waals surface area contributed by atoms with Gasteiger partial charge < -0.3 is 5.32 Å². The minimum absolute atomic E-state index is 0.132. The third-order valence-electron chi connectivity index (χ3n) is 4.84. The van der Waals surface area contributed by atoms with Gasteiger partial charge in [-0.05, 0) is 44.0 Å². The molecule has 2 heterocycles. The number of sulfone groups is 1. The van der Waals surface area contributed by atoms with Crippen molar-refractivity contribution in [2.24, 2.45) is 10.9 Å². The summed E-state index contributed by atoms with van der Waals surface area (Å²) in [5, 5.41) is 3.08. The van der Waals surface area contributed by atoms with Crippen molar-refractivity contribution in [2.75, 3.05) is 11.6 Å². The van der Waals surface area contributed by atoms with E-state index in [2.05, 4.69) is 15.3 Å². The van der Waals surface area contributed by atoms with Crippen molar-refractivity contribution in [1.29, 1.82) is 0 Å². The highest BCUT2D eigenvalue weighted by Crippen LogP contribution is 2.38. The molecule has 0 spiro atoms. The summed E-state index contributed by atoms with van der Waals surface area (Å²) in [6.07, 6.45) is 3.73. The van der Waals surface area contributed by atoms with E-state index in [0.29, 0.717) is 23.5 Å². The van der Waals surface area contributed by atoms with E-state index in [4.69, 9.17) is 0 Å². The lowest BCUT2D eigenvalue weighted by molar-refractivity contribution is -0.119. The molecule has 1 aliphatic heterocycles. The molecule has 6 nitrogen and oxygen atoms in total. The van der Waals surface area contributed by atoms with Crippen LogP contribution in [0.4, 0.5) is 21.5 Å². The molecule has 0 radical (unpaired) electrons. The smallest absolute Gasteiger partial charge is 0.177 e. The molecular weight excluding hydrogens is 381 g/mol. The lowest BCUT2D eigenvalue weighted by Crippen LogP contribution is -2.09. The Labute approximate surface area is 162 Å². The molecule has 1 N–H and O–H groups in total. The van der Waals surface area contributed by atoms with Crippen molar-refractivity contribution < 1.29 is 17.6 Å². The van der Waals surface area contributed by atoms with E-state index in [-0.39, 0.29) is 28.7 Å². The average Bonchev–Trinajstić information content (AvgIpc) is 3.38. The molecule has 28 heavy (non-hydrogen) atoms. The van der Waals surface area contributed by atoms with Gasteiger partial charge in [-0.1, -0.05) is 0 Å². The quantitative estimate of drug-likeness (QED) is 0.800. The van der Waals surface area contributed by atoms with E-state index in [1.165, 1.54) is 12.1 Å². The van der Waals surface area contributed by atoms with Crippen LogP contribution in [0, 0.1) is 11.7 Å². The van der Waals surface area contributed by atoms with E-state index in [1.807, 2.05) is 6.92 Å². The van der Waals surface area contributed by atoms with Crippen LogP contribution < -0.4 is 5.32 Å². The molecule has 0 bridgehead atoms. The SMILES string of the molecule is CC1=Nc2c(Nc3ccc(F)cc3S(C)(=O)=O)cc(CC(=O)C3CC3)nc2C1. The summed E-state index contributed by atoms with van der Waals surface area (Å²) in [5.74, 6) is -0.318.